The summed E-state index contributed by atoms with van der Waals surface area (Å²) in [6, 6.07) is 4.55. The first-order valence-electron chi connectivity index (χ1n) is 11.8. The number of hydrogen-bond donors (Lipinski definition) is 1. The number of anilines is 1. The molecule has 1 aromatic carbocycles. The summed E-state index contributed by atoms with van der Waals surface area (Å²) in [6.07, 6.45) is 1.43. The number of nitrogens with zero attached hydrogens (tertiary/aromatic N) is 3. The summed E-state index contributed by atoms with van der Waals surface area (Å²) in [7, 11) is 1.51. The number of halogens is 2. The molecule has 4 rings (SSSR count). The largest absolute Gasteiger partial charge is 0.383 e. The van der Waals surface area contributed by atoms with Crippen molar-refractivity contribution in [2.45, 2.75) is 25.0 Å². The topological polar surface area (TPSA) is 110 Å². The maximum absolute atomic E-state index is 13.0. The molecule has 0 bridgehead atoms. The van der Waals surface area contributed by atoms with Crippen LogP contribution >= 0.6 is 34.5 Å². The fraction of sp³-hybridized carbons (Fsp3) is 0.500. The van der Waals surface area contributed by atoms with Crippen LogP contribution in [0.25, 0.3) is 0 Å². The molecule has 2 aliphatic rings. The lowest BCUT2D eigenvalue weighted by Gasteiger charge is -2.37. The standard InChI is InChI=1S/C24H28Cl2N4O6S/c1-34-9-8-30(22(33)18-3-2-16(25)12-19(18)26)14-20(31)28-23-27-17(15-37-23)13-21(32)29-6-4-24(5-7-29)35-10-11-36-24/h2-3,12,15H,4-11,13-14H2,1H3,(H,27,28,31). The molecule has 0 unspecified atom stereocenters. The summed E-state index contributed by atoms with van der Waals surface area (Å²) in [5, 5.41) is 5.40. The molecule has 0 saturated carbocycles. The van der Waals surface area contributed by atoms with E-state index in [9.17, 15) is 14.4 Å². The van der Waals surface area contributed by atoms with Crippen LogP contribution in [0, 0.1) is 0 Å². The summed E-state index contributed by atoms with van der Waals surface area (Å²) < 4.78 is 16.5. The fourth-order valence-corrected chi connectivity index (χ4v) is 5.43. The first kappa shape index (κ1) is 27.7. The van der Waals surface area contributed by atoms with Gasteiger partial charge in [0.15, 0.2) is 10.9 Å². The van der Waals surface area contributed by atoms with Crippen molar-refractivity contribution in [3.63, 3.8) is 0 Å². The number of aromatic nitrogens is 1. The zero-order valence-corrected chi connectivity index (χ0v) is 22.7. The molecule has 3 heterocycles. The van der Waals surface area contributed by atoms with Gasteiger partial charge in [0.25, 0.3) is 5.91 Å². The molecule has 200 valence electrons. The van der Waals surface area contributed by atoms with Crippen LogP contribution in [0.2, 0.25) is 10.0 Å². The Bertz CT molecular complexity index is 1130. The lowest BCUT2D eigenvalue weighted by atomic mass is 10.0. The first-order valence-corrected chi connectivity index (χ1v) is 13.5. The number of amides is 3. The minimum atomic E-state index is -0.535. The molecule has 0 atom stereocenters. The number of benzene rings is 1. The number of piperidine rings is 1. The predicted octanol–water partition coefficient (Wildman–Crippen LogP) is 3.09. The van der Waals surface area contributed by atoms with Crippen LogP contribution in [0.15, 0.2) is 23.6 Å². The Hall–Kier alpha value is -2.28. The van der Waals surface area contributed by atoms with Crippen molar-refractivity contribution in [2.75, 3.05) is 58.4 Å². The number of rotatable bonds is 9. The maximum Gasteiger partial charge on any atom is 0.255 e. The van der Waals surface area contributed by atoms with E-state index in [1.165, 1.54) is 35.5 Å². The van der Waals surface area contributed by atoms with Crippen LogP contribution < -0.4 is 5.32 Å². The highest BCUT2D eigenvalue weighted by Gasteiger charge is 2.40. The zero-order chi connectivity index (χ0) is 26.4. The summed E-state index contributed by atoms with van der Waals surface area (Å²) in [5.74, 6) is -1.42. The van der Waals surface area contributed by atoms with E-state index < -0.39 is 17.6 Å². The minimum Gasteiger partial charge on any atom is -0.383 e. The van der Waals surface area contributed by atoms with E-state index in [-0.39, 0.29) is 42.6 Å². The maximum atomic E-state index is 13.0. The van der Waals surface area contributed by atoms with Crippen LogP contribution in [0.3, 0.4) is 0 Å². The Morgan fingerprint density at radius 2 is 1.95 bits per heavy atom. The van der Waals surface area contributed by atoms with E-state index in [0.717, 1.165) is 0 Å². The van der Waals surface area contributed by atoms with Gasteiger partial charge in [0.1, 0.15) is 6.54 Å². The smallest absolute Gasteiger partial charge is 0.255 e. The van der Waals surface area contributed by atoms with Gasteiger partial charge >= 0.3 is 0 Å². The van der Waals surface area contributed by atoms with Crippen molar-refractivity contribution in [1.29, 1.82) is 0 Å². The van der Waals surface area contributed by atoms with Crippen LogP contribution in [-0.2, 0) is 30.2 Å². The molecular formula is C24H28Cl2N4O6S. The van der Waals surface area contributed by atoms with Gasteiger partial charge in [-0.3, -0.25) is 14.4 Å². The molecule has 2 aromatic rings. The molecular weight excluding hydrogens is 543 g/mol. The molecule has 10 nitrogen and oxygen atoms in total. The van der Waals surface area contributed by atoms with E-state index in [2.05, 4.69) is 10.3 Å². The van der Waals surface area contributed by atoms with Crippen LogP contribution in [0.4, 0.5) is 5.13 Å². The highest BCUT2D eigenvalue weighted by atomic mass is 35.5. The number of carbonyl (C=O) groups excluding carboxylic acids is 3. The molecule has 1 aromatic heterocycles. The van der Waals surface area contributed by atoms with Crippen molar-refractivity contribution in [3.8, 4) is 0 Å². The minimum absolute atomic E-state index is 0.0350. The van der Waals surface area contributed by atoms with Crippen molar-refractivity contribution < 1.29 is 28.6 Å². The Balaban J connectivity index is 1.30. The molecule has 2 fully saturated rings. The third kappa shape index (κ3) is 7.18. The van der Waals surface area contributed by atoms with Crippen LogP contribution in [0.5, 0.6) is 0 Å². The van der Waals surface area contributed by atoms with E-state index in [0.29, 0.717) is 55.0 Å². The van der Waals surface area contributed by atoms with E-state index in [1.807, 2.05) is 0 Å². The van der Waals surface area contributed by atoms with Crippen LogP contribution in [-0.4, -0.2) is 91.4 Å². The zero-order valence-electron chi connectivity index (χ0n) is 20.3. The van der Waals surface area contributed by atoms with Gasteiger partial charge in [-0.25, -0.2) is 4.98 Å². The Kier molecular flexibility index (Phi) is 9.38. The SMILES string of the molecule is COCCN(CC(=O)Nc1nc(CC(=O)N2CCC3(CC2)OCCO3)cs1)C(=O)c1ccc(Cl)cc1Cl. The van der Waals surface area contributed by atoms with Gasteiger partial charge in [-0.2, -0.15) is 0 Å². The lowest BCUT2D eigenvalue weighted by Crippen LogP contribution is -2.47. The number of methoxy groups -OCH3 is 1. The number of thiazole rings is 1. The molecule has 2 aliphatic heterocycles. The number of ether oxygens (including phenoxy) is 3. The van der Waals surface area contributed by atoms with Gasteiger partial charge in [0.2, 0.25) is 11.8 Å². The van der Waals surface area contributed by atoms with Crippen molar-refractivity contribution in [1.82, 2.24) is 14.8 Å². The Morgan fingerprint density at radius 3 is 2.62 bits per heavy atom. The molecule has 1 N–H and O–H groups in total. The van der Waals surface area contributed by atoms with E-state index >= 15 is 0 Å². The second-order valence-corrected chi connectivity index (χ2v) is 10.4. The third-order valence-corrected chi connectivity index (χ3v) is 7.52. The summed E-state index contributed by atoms with van der Waals surface area (Å²) >= 11 is 13.3. The second-order valence-electron chi connectivity index (χ2n) is 8.70. The third-order valence-electron chi connectivity index (χ3n) is 6.17. The summed E-state index contributed by atoms with van der Waals surface area (Å²) in [4.78, 5) is 46.0. The van der Waals surface area contributed by atoms with E-state index in [4.69, 9.17) is 37.4 Å². The van der Waals surface area contributed by atoms with Crippen molar-refractivity contribution >= 4 is 57.4 Å². The highest BCUT2D eigenvalue weighted by Crippen LogP contribution is 2.31. The number of likely N-dealkylation sites (tertiary alicyclic amines) is 1. The normalized spacial score (nSPS) is 16.7. The number of hydrogen-bond acceptors (Lipinski definition) is 8. The van der Waals surface area contributed by atoms with Crippen LogP contribution in [0.1, 0.15) is 28.9 Å². The van der Waals surface area contributed by atoms with Gasteiger partial charge in [-0.15, -0.1) is 11.3 Å². The average molecular weight is 571 g/mol. The molecule has 0 radical (unpaired) electrons. The number of carbonyl (C=O) groups is 3. The molecule has 37 heavy (non-hydrogen) atoms. The van der Waals surface area contributed by atoms with Gasteiger partial charge in [-0.1, -0.05) is 23.2 Å². The van der Waals surface area contributed by atoms with Gasteiger partial charge in [0, 0.05) is 50.0 Å². The average Bonchev–Trinajstić information content (AvgIpc) is 3.51. The second kappa shape index (κ2) is 12.5. The quantitative estimate of drug-likeness (QED) is 0.493. The first-order chi connectivity index (χ1) is 17.8. The lowest BCUT2D eigenvalue weighted by molar-refractivity contribution is -0.187. The van der Waals surface area contributed by atoms with Crippen molar-refractivity contribution in [3.05, 3.63) is 44.9 Å². The Morgan fingerprint density at radius 1 is 1.22 bits per heavy atom. The van der Waals surface area contributed by atoms with E-state index in [1.54, 1.807) is 16.3 Å². The van der Waals surface area contributed by atoms with Gasteiger partial charge in [-0.05, 0) is 18.2 Å². The fourth-order valence-electron chi connectivity index (χ4n) is 4.21. The highest BCUT2D eigenvalue weighted by molar-refractivity contribution is 7.13. The van der Waals surface area contributed by atoms with Gasteiger partial charge in [0.05, 0.1) is 42.5 Å². The van der Waals surface area contributed by atoms with Crippen molar-refractivity contribution in [2.24, 2.45) is 0 Å². The monoisotopic (exact) mass is 570 g/mol. The molecule has 13 heteroatoms. The van der Waals surface area contributed by atoms with Gasteiger partial charge < -0.3 is 29.3 Å². The number of nitrogens with one attached hydrogen (secondary N) is 1. The molecule has 2 saturated heterocycles. The molecule has 3 amide bonds. The summed E-state index contributed by atoms with van der Waals surface area (Å²) in [6.45, 7) is 2.51. The Labute approximate surface area is 228 Å². The molecule has 1 spiro atoms. The predicted molar refractivity (Wildman–Crippen MR) is 139 cm³/mol. The molecule has 0 aliphatic carbocycles. The summed E-state index contributed by atoms with van der Waals surface area (Å²) in [5.41, 5.74) is 0.805.